The zero-order chi connectivity index (χ0) is 15.2. The molecular weight excluding hydrogens is 288 g/mol. The molecule has 4 N–H and O–H groups in total. The monoisotopic (exact) mass is 308 g/mol. The van der Waals surface area contributed by atoms with Gasteiger partial charge in [-0.05, 0) is 25.5 Å². The predicted molar refractivity (Wildman–Crippen MR) is 84.6 cm³/mol. The van der Waals surface area contributed by atoms with Crippen molar-refractivity contribution in [3.8, 4) is 0 Å². The average molecular weight is 308 g/mol. The number of anilines is 2. The summed E-state index contributed by atoms with van der Waals surface area (Å²) in [6.07, 6.45) is 3.25. The number of carbonyl (C=O) groups excluding carboxylic acids is 1. The Bertz CT molecular complexity index is 580. The maximum absolute atomic E-state index is 12.2. The summed E-state index contributed by atoms with van der Waals surface area (Å²) >= 11 is 1.27. The number of nitrogens with one attached hydrogen (secondary N) is 2. The van der Waals surface area contributed by atoms with E-state index in [1.807, 2.05) is 19.1 Å². The van der Waals surface area contributed by atoms with E-state index in [0.717, 1.165) is 18.7 Å². The molecule has 21 heavy (non-hydrogen) atoms. The maximum atomic E-state index is 12.2. The first-order valence-corrected chi connectivity index (χ1v) is 7.75. The van der Waals surface area contributed by atoms with Gasteiger partial charge in [0, 0.05) is 19.0 Å². The Labute approximate surface area is 127 Å². The fourth-order valence-electron chi connectivity index (χ4n) is 1.87. The van der Waals surface area contributed by atoms with E-state index in [-0.39, 0.29) is 17.8 Å². The normalized spacial score (nSPS) is 12.1. The molecule has 0 aromatic carbocycles. The van der Waals surface area contributed by atoms with Crippen LogP contribution in [0.4, 0.5) is 10.9 Å². The summed E-state index contributed by atoms with van der Waals surface area (Å²) in [6.45, 7) is 4.80. The second kappa shape index (κ2) is 7.12. The molecule has 6 nitrogen and oxygen atoms in total. The minimum atomic E-state index is -0.200. The SMILES string of the molecule is CCCNc1nc(N)c(C(=O)NC(C)Cc2ccco2)s1. The molecule has 0 radical (unpaired) electrons. The van der Waals surface area contributed by atoms with E-state index in [9.17, 15) is 4.79 Å². The molecule has 0 aliphatic carbocycles. The lowest BCUT2D eigenvalue weighted by Gasteiger charge is -2.11. The molecule has 1 atom stereocenters. The van der Waals surface area contributed by atoms with Crippen molar-refractivity contribution in [3.05, 3.63) is 29.0 Å². The zero-order valence-electron chi connectivity index (χ0n) is 12.2. The van der Waals surface area contributed by atoms with E-state index in [1.54, 1.807) is 6.26 Å². The van der Waals surface area contributed by atoms with Crippen LogP contribution in [0, 0.1) is 0 Å². The number of nitrogens with zero attached hydrogens (tertiary/aromatic N) is 1. The molecule has 0 saturated heterocycles. The van der Waals surface area contributed by atoms with E-state index in [1.165, 1.54) is 11.3 Å². The third kappa shape index (κ3) is 4.22. The van der Waals surface area contributed by atoms with E-state index < -0.39 is 0 Å². The Balaban J connectivity index is 1.94. The number of carbonyl (C=O) groups is 1. The molecule has 2 aromatic heterocycles. The molecule has 114 valence electrons. The fraction of sp³-hybridized carbons (Fsp3) is 0.429. The van der Waals surface area contributed by atoms with Crippen LogP contribution in [0.2, 0.25) is 0 Å². The van der Waals surface area contributed by atoms with Crippen LogP contribution in [0.5, 0.6) is 0 Å². The maximum Gasteiger partial charge on any atom is 0.265 e. The number of rotatable bonds is 7. The van der Waals surface area contributed by atoms with Gasteiger partial charge in [0.05, 0.1) is 6.26 Å². The highest BCUT2D eigenvalue weighted by atomic mass is 32.1. The molecule has 1 unspecified atom stereocenters. The summed E-state index contributed by atoms with van der Waals surface area (Å²) in [4.78, 5) is 16.8. The van der Waals surface area contributed by atoms with Crippen molar-refractivity contribution in [2.45, 2.75) is 32.7 Å². The molecule has 0 fully saturated rings. The Hall–Kier alpha value is -2.02. The van der Waals surface area contributed by atoms with Gasteiger partial charge >= 0.3 is 0 Å². The van der Waals surface area contributed by atoms with Crippen LogP contribution in [0.3, 0.4) is 0 Å². The van der Waals surface area contributed by atoms with Crippen LogP contribution < -0.4 is 16.4 Å². The smallest absolute Gasteiger partial charge is 0.265 e. The number of nitrogens with two attached hydrogens (primary N) is 1. The standard InChI is InChI=1S/C14H20N4O2S/c1-3-6-16-14-18-12(15)11(21-14)13(19)17-9(2)8-10-5-4-7-20-10/h4-5,7,9H,3,6,8,15H2,1-2H3,(H,16,18)(H,17,19). The zero-order valence-corrected chi connectivity index (χ0v) is 13.0. The molecular formula is C14H20N4O2S. The van der Waals surface area contributed by atoms with Crippen molar-refractivity contribution in [1.82, 2.24) is 10.3 Å². The Morgan fingerprint density at radius 3 is 3.05 bits per heavy atom. The van der Waals surface area contributed by atoms with E-state index in [2.05, 4.69) is 22.5 Å². The molecule has 0 saturated carbocycles. The van der Waals surface area contributed by atoms with Crippen LogP contribution in [0.25, 0.3) is 0 Å². The van der Waals surface area contributed by atoms with Crippen LogP contribution >= 0.6 is 11.3 Å². The molecule has 0 aliphatic heterocycles. The minimum absolute atomic E-state index is 0.0443. The average Bonchev–Trinajstić information content (AvgIpc) is 3.05. The van der Waals surface area contributed by atoms with E-state index in [0.29, 0.717) is 16.4 Å². The lowest BCUT2D eigenvalue weighted by molar-refractivity contribution is 0.0944. The first kappa shape index (κ1) is 15.4. The Morgan fingerprint density at radius 2 is 2.38 bits per heavy atom. The molecule has 1 amide bonds. The van der Waals surface area contributed by atoms with Gasteiger partial charge in [0.15, 0.2) is 5.13 Å². The van der Waals surface area contributed by atoms with Gasteiger partial charge in [0.1, 0.15) is 16.5 Å². The second-order valence-electron chi connectivity index (χ2n) is 4.82. The number of aromatic nitrogens is 1. The molecule has 2 aromatic rings. The summed E-state index contributed by atoms with van der Waals surface area (Å²) in [7, 11) is 0. The van der Waals surface area contributed by atoms with Crippen molar-refractivity contribution >= 4 is 28.2 Å². The van der Waals surface area contributed by atoms with Gasteiger partial charge in [0.25, 0.3) is 5.91 Å². The third-order valence-corrected chi connectivity index (χ3v) is 3.88. The number of amides is 1. The number of hydrogen-bond donors (Lipinski definition) is 3. The van der Waals surface area contributed by atoms with Gasteiger partial charge in [-0.3, -0.25) is 4.79 Å². The first-order valence-electron chi connectivity index (χ1n) is 6.93. The van der Waals surface area contributed by atoms with Crippen LogP contribution in [0.1, 0.15) is 35.7 Å². The largest absolute Gasteiger partial charge is 0.469 e. The number of nitrogen functional groups attached to an aromatic ring is 1. The molecule has 7 heteroatoms. The highest BCUT2D eigenvalue weighted by Gasteiger charge is 2.18. The summed E-state index contributed by atoms with van der Waals surface area (Å²) in [5, 5.41) is 6.72. The topological polar surface area (TPSA) is 93.2 Å². The Kier molecular flexibility index (Phi) is 5.21. The van der Waals surface area contributed by atoms with Crippen molar-refractivity contribution in [2.75, 3.05) is 17.6 Å². The third-order valence-electron chi connectivity index (χ3n) is 2.85. The van der Waals surface area contributed by atoms with Gasteiger partial charge in [-0.25, -0.2) is 4.98 Å². The lowest BCUT2D eigenvalue weighted by Crippen LogP contribution is -2.33. The van der Waals surface area contributed by atoms with Crippen LogP contribution in [-0.2, 0) is 6.42 Å². The molecule has 0 aliphatic rings. The van der Waals surface area contributed by atoms with E-state index in [4.69, 9.17) is 10.2 Å². The van der Waals surface area contributed by atoms with Gasteiger partial charge in [-0.2, -0.15) is 0 Å². The summed E-state index contributed by atoms with van der Waals surface area (Å²) in [5.74, 6) is 0.903. The molecule has 2 rings (SSSR count). The van der Waals surface area contributed by atoms with Crippen molar-refractivity contribution < 1.29 is 9.21 Å². The van der Waals surface area contributed by atoms with Crippen molar-refractivity contribution in [2.24, 2.45) is 0 Å². The lowest BCUT2D eigenvalue weighted by atomic mass is 10.2. The highest BCUT2D eigenvalue weighted by molar-refractivity contribution is 7.18. The summed E-state index contributed by atoms with van der Waals surface area (Å²) in [5.41, 5.74) is 5.81. The molecule has 0 bridgehead atoms. The minimum Gasteiger partial charge on any atom is -0.469 e. The highest BCUT2D eigenvalue weighted by Crippen LogP contribution is 2.24. The van der Waals surface area contributed by atoms with Crippen LogP contribution in [0.15, 0.2) is 22.8 Å². The Morgan fingerprint density at radius 1 is 1.57 bits per heavy atom. The molecule has 2 heterocycles. The number of hydrogen-bond acceptors (Lipinski definition) is 6. The van der Waals surface area contributed by atoms with Gasteiger partial charge in [0.2, 0.25) is 0 Å². The summed E-state index contributed by atoms with van der Waals surface area (Å²) < 4.78 is 5.27. The predicted octanol–water partition coefficient (Wildman–Crippen LogP) is 2.50. The quantitative estimate of drug-likeness (QED) is 0.730. The van der Waals surface area contributed by atoms with Crippen LogP contribution in [-0.4, -0.2) is 23.5 Å². The molecule has 0 spiro atoms. The fourth-order valence-corrected chi connectivity index (χ4v) is 2.69. The van der Waals surface area contributed by atoms with Gasteiger partial charge in [-0.1, -0.05) is 18.3 Å². The number of furan rings is 1. The van der Waals surface area contributed by atoms with Crippen molar-refractivity contribution in [1.29, 1.82) is 0 Å². The van der Waals surface area contributed by atoms with E-state index >= 15 is 0 Å². The first-order chi connectivity index (χ1) is 10.1. The summed E-state index contributed by atoms with van der Waals surface area (Å²) in [6, 6.07) is 3.67. The number of thiazole rings is 1. The van der Waals surface area contributed by atoms with Gasteiger partial charge in [-0.15, -0.1) is 0 Å². The van der Waals surface area contributed by atoms with Gasteiger partial charge < -0.3 is 20.8 Å². The van der Waals surface area contributed by atoms with Crippen molar-refractivity contribution in [3.63, 3.8) is 0 Å². The second-order valence-corrected chi connectivity index (χ2v) is 5.82.